The molecule has 0 aliphatic carbocycles. The van der Waals surface area contributed by atoms with Gasteiger partial charge in [0.1, 0.15) is 24.2 Å². The van der Waals surface area contributed by atoms with E-state index in [1.165, 1.54) is 0 Å². The number of hydrogen-bond donors (Lipinski definition) is 10. The van der Waals surface area contributed by atoms with Crippen molar-refractivity contribution < 1.29 is 43.8 Å². The smallest absolute Gasteiger partial charge is 0.327 e. The maximum Gasteiger partial charge on any atom is 0.327 e. The summed E-state index contributed by atoms with van der Waals surface area (Å²) >= 11 is 0.838. The van der Waals surface area contributed by atoms with Crippen molar-refractivity contribution >= 4 is 59.2 Å². The van der Waals surface area contributed by atoms with Gasteiger partial charge in [-0.25, -0.2) is 4.79 Å². The molecule has 1 fully saturated rings. The largest absolute Gasteiger partial charge is 0.481 e. The molecule has 19 heteroatoms. The predicted molar refractivity (Wildman–Crippen MR) is 146 cm³/mol. The van der Waals surface area contributed by atoms with Crippen LogP contribution < -0.4 is 43.8 Å². The van der Waals surface area contributed by atoms with E-state index in [0.29, 0.717) is 6.42 Å². The second-order valence-corrected chi connectivity index (χ2v) is 9.94. The van der Waals surface area contributed by atoms with Crippen molar-refractivity contribution in [3.05, 3.63) is 0 Å². The third-order valence-corrected chi connectivity index (χ3v) is 6.55. The number of aliphatic imine (C=N–C) groups is 1. The van der Waals surface area contributed by atoms with Crippen LogP contribution in [-0.4, -0.2) is 113 Å². The fraction of sp³-hybridized carbons (Fsp3) is 0.636. The van der Waals surface area contributed by atoms with Crippen LogP contribution in [-0.2, 0) is 33.6 Å². The van der Waals surface area contributed by atoms with Crippen LogP contribution >= 0.6 is 11.8 Å². The molecule has 0 aromatic carbocycles. The highest BCUT2D eigenvalue weighted by molar-refractivity contribution is 8.00. The van der Waals surface area contributed by atoms with Crippen molar-refractivity contribution in [2.75, 3.05) is 31.1 Å². The number of carbonyl (C=O) groups excluding carboxylic acids is 5. The van der Waals surface area contributed by atoms with Crippen molar-refractivity contribution in [1.82, 2.24) is 26.6 Å². The number of thioether (sulfide) groups is 1. The first-order valence-corrected chi connectivity index (χ1v) is 13.7. The minimum atomic E-state index is -1.66. The number of aliphatic carboxylic acids is 2. The highest BCUT2D eigenvalue weighted by atomic mass is 32.2. The van der Waals surface area contributed by atoms with Crippen LogP contribution in [0.15, 0.2) is 4.99 Å². The van der Waals surface area contributed by atoms with E-state index < -0.39 is 78.6 Å². The number of nitrogens with one attached hydrogen (secondary N) is 5. The zero-order chi connectivity index (χ0) is 30.9. The second kappa shape index (κ2) is 18.3. The molecule has 5 amide bonds. The molecule has 1 heterocycles. The summed E-state index contributed by atoms with van der Waals surface area (Å²) in [6.45, 7) is -0.348. The standard InChI is InChI=1S/C22H37N9O9S/c23-5-1-3-12-19(37)30-11(4-2-6-26-22(24)25)18(36)27-8-15(32)29-13(7-17(34)35)20(38)31-14(21(39)40)9-41-10-16(33)28-12/h11-14H,1-10,23H2,(H,27,36)(H,28,33)(H,29,32)(H,30,37)(H,31,38)(H,34,35)(H,39,40)(H4,24,25,26)/t11-,12-,13-,14-/m0/s1. The van der Waals surface area contributed by atoms with E-state index in [-0.39, 0.29) is 49.8 Å². The molecule has 0 saturated carbocycles. The van der Waals surface area contributed by atoms with Crippen molar-refractivity contribution in [3.63, 3.8) is 0 Å². The fourth-order valence-corrected chi connectivity index (χ4v) is 4.36. The molecule has 0 radical (unpaired) electrons. The number of carboxylic acid groups (broad SMARTS) is 2. The molecule has 0 aromatic rings. The number of amides is 5. The number of rotatable bonds is 10. The Morgan fingerprint density at radius 2 is 1.46 bits per heavy atom. The topological polar surface area (TPSA) is 311 Å². The molecule has 0 unspecified atom stereocenters. The summed E-state index contributed by atoms with van der Waals surface area (Å²) in [5, 5.41) is 30.3. The van der Waals surface area contributed by atoms with Gasteiger partial charge in [0.25, 0.3) is 0 Å². The molecule has 18 nitrogen and oxygen atoms in total. The molecule has 4 atom stereocenters. The van der Waals surface area contributed by atoms with Gasteiger partial charge in [0, 0.05) is 12.3 Å². The first-order chi connectivity index (χ1) is 19.3. The predicted octanol–water partition coefficient (Wildman–Crippen LogP) is -4.86. The number of carboxylic acids is 2. The van der Waals surface area contributed by atoms with Gasteiger partial charge < -0.3 is 54.0 Å². The molecule has 1 aliphatic rings. The van der Waals surface area contributed by atoms with Crippen LogP contribution in [0, 0.1) is 0 Å². The Kier molecular flexibility index (Phi) is 15.5. The van der Waals surface area contributed by atoms with Crippen molar-refractivity contribution in [2.45, 2.75) is 56.3 Å². The van der Waals surface area contributed by atoms with Gasteiger partial charge in [-0.1, -0.05) is 0 Å². The van der Waals surface area contributed by atoms with E-state index in [2.05, 4.69) is 31.6 Å². The van der Waals surface area contributed by atoms with Crippen LogP contribution in [0.1, 0.15) is 32.1 Å². The summed E-state index contributed by atoms with van der Waals surface area (Å²) in [7, 11) is 0. The molecule has 230 valence electrons. The van der Waals surface area contributed by atoms with E-state index in [9.17, 15) is 38.7 Å². The number of nitrogens with two attached hydrogens (primary N) is 3. The van der Waals surface area contributed by atoms with Crippen LogP contribution in [0.5, 0.6) is 0 Å². The summed E-state index contributed by atoms with van der Waals surface area (Å²) in [5.74, 6) is -7.78. The van der Waals surface area contributed by atoms with Crippen LogP contribution in [0.3, 0.4) is 0 Å². The second-order valence-electron chi connectivity index (χ2n) is 8.91. The van der Waals surface area contributed by atoms with E-state index >= 15 is 0 Å². The van der Waals surface area contributed by atoms with Gasteiger partial charge >= 0.3 is 11.9 Å². The molecule has 1 saturated heterocycles. The average Bonchev–Trinajstić information content (AvgIpc) is 2.89. The Hall–Kier alpha value is -4.13. The molecule has 1 rings (SSSR count). The number of nitrogens with zero attached hydrogens (tertiary/aromatic N) is 1. The Bertz CT molecular complexity index is 1010. The number of carbonyl (C=O) groups is 7. The lowest BCUT2D eigenvalue weighted by Gasteiger charge is -2.24. The van der Waals surface area contributed by atoms with Gasteiger partial charge in [0.05, 0.1) is 18.7 Å². The molecular weight excluding hydrogens is 566 g/mol. The third kappa shape index (κ3) is 14.2. The minimum absolute atomic E-state index is 0.0456. The molecule has 0 spiro atoms. The maximum atomic E-state index is 13.1. The molecule has 13 N–H and O–H groups in total. The number of guanidine groups is 1. The van der Waals surface area contributed by atoms with E-state index in [1.54, 1.807) is 0 Å². The van der Waals surface area contributed by atoms with Crippen molar-refractivity contribution in [3.8, 4) is 0 Å². The molecular formula is C22H37N9O9S. The monoisotopic (exact) mass is 603 g/mol. The lowest BCUT2D eigenvalue weighted by atomic mass is 10.1. The van der Waals surface area contributed by atoms with Crippen LogP contribution in [0.4, 0.5) is 0 Å². The Balaban J connectivity index is 3.24. The highest BCUT2D eigenvalue weighted by Gasteiger charge is 2.30. The van der Waals surface area contributed by atoms with Gasteiger partial charge in [-0.15, -0.1) is 11.8 Å². The maximum absolute atomic E-state index is 13.1. The van der Waals surface area contributed by atoms with Gasteiger partial charge in [-0.05, 0) is 32.2 Å². The molecule has 1 aliphatic heterocycles. The van der Waals surface area contributed by atoms with Crippen molar-refractivity contribution in [1.29, 1.82) is 0 Å². The normalized spacial score (nSPS) is 23.4. The Morgan fingerprint density at radius 3 is 2.07 bits per heavy atom. The van der Waals surface area contributed by atoms with Crippen molar-refractivity contribution in [2.24, 2.45) is 22.2 Å². The lowest BCUT2D eigenvalue weighted by molar-refractivity contribution is -0.143. The zero-order valence-electron chi connectivity index (χ0n) is 22.2. The summed E-state index contributed by atoms with van der Waals surface area (Å²) in [6.07, 6.45) is -0.0739. The molecule has 41 heavy (non-hydrogen) atoms. The quantitative estimate of drug-likeness (QED) is 0.0637. The summed E-state index contributed by atoms with van der Waals surface area (Å²) in [5.41, 5.74) is 16.2. The Labute approximate surface area is 239 Å². The third-order valence-electron chi connectivity index (χ3n) is 5.51. The van der Waals surface area contributed by atoms with E-state index in [0.717, 1.165) is 11.8 Å². The van der Waals surface area contributed by atoms with Crippen LogP contribution in [0.2, 0.25) is 0 Å². The molecule has 0 aromatic heterocycles. The van der Waals surface area contributed by atoms with Gasteiger partial charge in [-0.3, -0.25) is 33.8 Å². The van der Waals surface area contributed by atoms with Gasteiger partial charge in [-0.2, -0.15) is 0 Å². The minimum Gasteiger partial charge on any atom is -0.481 e. The van der Waals surface area contributed by atoms with Gasteiger partial charge in [0.2, 0.25) is 29.5 Å². The van der Waals surface area contributed by atoms with E-state index in [4.69, 9.17) is 22.3 Å². The zero-order valence-corrected chi connectivity index (χ0v) is 23.0. The summed E-state index contributed by atoms with van der Waals surface area (Å²) in [4.78, 5) is 90.4. The first kappa shape index (κ1) is 34.9. The fourth-order valence-electron chi connectivity index (χ4n) is 3.51. The van der Waals surface area contributed by atoms with Crippen LogP contribution in [0.25, 0.3) is 0 Å². The Morgan fingerprint density at radius 1 is 0.854 bits per heavy atom. The van der Waals surface area contributed by atoms with Gasteiger partial charge in [0.15, 0.2) is 5.96 Å². The number of hydrogen-bond acceptors (Lipinski definition) is 10. The lowest BCUT2D eigenvalue weighted by Crippen LogP contribution is -2.56. The average molecular weight is 604 g/mol. The highest BCUT2D eigenvalue weighted by Crippen LogP contribution is 2.07. The first-order valence-electron chi connectivity index (χ1n) is 12.6. The molecule has 0 bridgehead atoms. The summed E-state index contributed by atoms with van der Waals surface area (Å²) < 4.78 is 0. The van der Waals surface area contributed by atoms with E-state index in [1.807, 2.05) is 0 Å². The summed E-state index contributed by atoms with van der Waals surface area (Å²) in [6, 6.07) is -5.44. The SMILES string of the molecule is NCCC[C@@H]1NC(=O)CSC[C@@H](C(=O)O)NC(=O)[C@H](CC(=O)O)NC(=O)CNC(=O)[C@H](CCCN=C(N)N)NC1=O.